The Morgan fingerprint density at radius 1 is 0.632 bits per heavy atom. The molecule has 0 aliphatic rings. The summed E-state index contributed by atoms with van der Waals surface area (Å²) < 4.78 is 8.50. The molecule has 0 radical (unpaired) electrons. The maximum absolute atomic E-state index is 8.70. The van der Waals surface area contributed by atoms with E-state index in [0.717, 1.165) is 60.6 Å². The van der Waals surface area contributed by atoms with Gasteiger partial charge >= 0.3 is 0 Å². The lowest BCUT2D eigenvalue weighted by molar-refractivity contribution is 0.673. The molecule has 0 amide bonds. The number of nitrogens with zero attached hydrogens (tertiary/aromatic N) is 2. The van der Waals surface area contributed by atoms with Crippen LogP contribution in [0.5, 0.6) is 0 Å². The molecule has 4 nitrogen and oxygen atoms in total. The van der Waals surface area contributed by atoms with E-state index in [1.54, 1.807) is 0 Å². The minimum Gasteiger partial charge on any atom is -0.455 e. The van der Waals surface area contributed by atoms with Crippen LogP contribution in [0.2, 0.25) is 0 Å². The van der Waals surface area contributed by atoms with Crippen molar-refractivity contribution in [1.82, 2.24) is 4.57 Å². The number of hydrogen-bond acceptors (Lipinski definition) is 3. The van der Waals surface area contributed by atoms with Gasteiger partial charge in [0.1, 0.15) is 17.5 Å². The smallest absolute Gasteiger partial charge is 0.145 e. The van der Waals surface area contributed by atoms with E-state index in [1.165, 1.54) is 0 Å². The van der Waals surface area contributed by atoms with Gasteiger partial charge in [-0.15, -0.1) is 0 Å². The predicted molar refractivity (Wildman–Crippen MR) is 158 cm³/mol. The second kappa shape index (κ2) is 9.02. The molecule has 0 spiro atoms. The monoisotopic (exact) mass is 489 g/mol. The van der Waals surface area contributed by atoms with Gasteiger partial charge < -0.3 is 9.83 Å². The Morgan fingerprint density at radius 2 is 1.29 bits per heavy atom. The Morgan fingerprint density at radius 3 is 2.08 bits per heavy atom. The summed E-state index contributed by atoms with van der Waals surface area (Å²) in [5.74, 6) is 0. The highest BCUT2D eigenvalue weighted by Crippen LogP contribution is 2.38. The number of rotatable bonds is 5. The van der Waals surface area contributed by atoms with Gasteiger partial charge in [-0.3, -0.25) is 4.57 Å². The van der Waals surface area contributed by atoms with E-state index in [9.17, 15) is 0 Å². The summed E-state index contributed by atoms with van der Waals surface area (Å²) in [5.41, 5.74) is 6.76. The molecule has 0 fully saturated rings. The summed E-state index contributed by atoms with van der Waals surface area (Å²) in [4.78, 5) is 4.95. The van der Waals surface area contributed by atoms with Gasteiger partial charge in [-0.2, -0.15) is 0 Å². The highest BCUT2D eigenvalue weighted by atomic mass is 16.3. The number of nitrogens with one attached hydrogen (secondary N) is 1. The summed E-state index contributed by atoms with van der Waals surface area (Å²) in [6.07, 6.45) is 3.68. The topological polar surface area (TPSA) is 54.3 Å². The quantitative estimate of drug-likeness (QED) is 0.191. The van der Waals surface area contributed by atoms with Crippen molar-refractivity contribution in [2.45, 2.75) is 0 Å². The van der Waals surface area contributed by atoms with Gasteiger partial charge in [0.2, 0.25) is 0 Å². The molecule has 7 aromatic rings. The number of aromatic nitrogens is 1. The molecule has 0 saturated carbocycles. The van der Waals surface area contributed by atoms with Crippen LogP contribution >= 0.6 is 0 Å². The van der Waals surface area contributed by atoms with E-state index in [-0.39, 0.29) is 0 Å². The molecule has 2 heterocycles. The van der Waals surface area contributed by atoms with Crippen LogP contribution in [0.3, 0.4) is 0 Å². The van der Waals surface area contributed by atoms with Crippen molar-refractivity contribution in [2.75, 3.05) is 0 Å². The second-order valence-corrected chi connectivity index (χ2v) is 9.24. The van der Waals surface area contributed by atoms with Crippen LogP contribution in [0.15, 0.2) is 137 Å². The number of para-hydroxylation sites is 2. The van der Waals surface area contributed by atoms with Gasteiger partial charge in [0.25, 0.3) is 0 Å². The Hall–Kier alpha value is -5.22. The average molecular weight is 490 g/mol. The zero-order chi connectivity index (χ0) is 25.5. The van der Waals surface area contributed by atoms with Crippen molar-refractivity contribution < 1.29 is 4.42 Å². The molecule has 0 saturated heterocycles. The van der Waals surface area contributed by atoms with Gasteiger partial charge in [0.05, 0.1) is 27.8 Å². The fourth-order valence-corrected chi connectivity index (χ4v) is 5.15. The van der Waals surface area contributed by atoms with Crippen LogP contribution in [-0.2, 0) is 0 Å². The number of furan rings is 1. The summed E-state index contributed by atoms with van der Waals surface area (Å²) in [6.45, 7) is 0. The van der Waals surface area contributed by atoms with Crippen LogP contribution in [-0.4, -0.2) is 16.6 Å². The lowest BCUT2D eigenvalue weighted by Gasteiger charge is -2.06. The lowest BCUT2D eigenvalue weighted by atomic mass is 10.1. The molecule has 0 aliphatic carbocycles. The fraction of sp³-hybridized carbons (Fsp3) is 0. The first kappa shape index (κ1) is 22.0. The molecule has 180 valence electrons. The molecule has 2 aromatic heterocycles. The van der Waals surface area contributed by atoms with E-state index in [2.05, 4.69) is 41.0 Å². The summed E-state index contributed by atoms with van der Waals surface area (Å²) in [7, 11) is 0. The molecule has 0 atom stereocenters. The number of benzene rings is 5. The van der Waals surface area contributed by atoms with Crippen molar-refractivity contribution >= 4 is 61.5 Å². The number of aliphatic imine (C=N–C) groups is 1. The van der Waals surface area contributed by atoms with Crippen molar-refractivity contribution in [3.63, 3.8) is 0 Å². The molecule has 0 bridgehead atoms. The van der Waals surface area contributed by atoms with Crippen LogP contribution in [0, 0.1) is 5.41 Å². The Balaban J connectivity index is 1.43. The van der Waals surface area contributed by atoms with Crippen LogP contribution < -0.4 is 0 Å². The highest BCUT2D eigenvalue weighted by Gasteiger charge is 2.17. The highest BCUT2D eigenvalue weighted by molar-refractivity contribution is 6.24. The number of fused-ring (bicyclic) bond motifs is 7. The third-order valence-electron chi connectivity index (χ3n) is 6.97. The fourth-order valence-electron chi connectivity index (χ4n) is 5.15. The summed E-state index contributed by atoms with van der Waals surface area (Å²) in [6, 6.07) is 40.5. The molecule has 1 N–H and O–H groups in total. The van der Waals surface area contributed by atoms with Crippen LogP contribution in [0.1, 0.15) is 11.1 Å². The van der Waals surface area contributed by atoms with Gasteiger partial charge in [0, 0.05) is 21.7 Å². The van der Waals surface area contributed by atoms with E-state index in [1.807, 2.05) is 97.3 Å². The molecule has 0 aliphatic heterocycles. The maximum atomic E-state index is 8.70. The van der Waals surface area contributed by atoms with E-state index < -0.39 is 0 Å². The first-order valence-electron chi connectivity index (χ1n) is 12.6. The van der Waals surface area contributed by atoms with Gasteiger partial charge in [-0.25, -0.2) is 4.99 Å². The van der Waals surface area contributed by atoms with Gasteiger partial charge in [-0.05, 0) is 35.9 Å². The number of allylic oxidation sites excluding steroid dienone is 1. The molecule has 5 aromatic carbocycles. The Labute approximate surface area is 219 Å². The average Bonchev–Trinajstić information content (AvgIpc) is 3.51. The maximum Gasteiger partial charge on any atom is 0.145 e. The Bertz CT molecular complexity index is 2030. The van der Waals surface area contributed by atoms with Crippen molar-refractivity contribution in [1.29, 1.82) is 5.41 Å². The zero-order valence-electron chi connectivity index (χ0n) is 20.5. The minimum atomic E-state index is 0.410. The molecular weight excluding hydrogens is 466 g/mol. The normalized spacial score (nSPS) is 12.4. The first-order valence-corrected chi connectivity index (χ1v) is 12.6. The molecule has 38 heavy (non-hydrogen) atoms. The van der Waals surface area contributed by atoms with E-state index in [0.29, 0.717) is 5.71 Å². The summed E-state index contributed by atoms with van der Waals surface area (Å²) >= 11 is 0. The van der Waals surface area contributed by atoms with Crippen molar-refractivity contribution in [2.24, 2.45) is 4.99 Å². The van der Waals surface area contributed by atoms with Crippen molar-refractivity contribution in [3.05, 3.63) is 139 Å². The third-order valence-corrected chi connectivity index (χ3v) is 6.97. The first-order chi connectivity index (χ1) is 18.8. The number of hydrogen-bond donors (Lipinski definition) is 1. The molecule has 4 heteroatoms. The molecular formula is C34H23N3O. The SMILES string of the molecule is N=C(/C=C(\N=C\n1c2ccccc2c2c3oc4ccccc4c3ccc21)c1ccccc1)c1ccccc1. The van der Waals surface area contributed by atoms with Gasteiger partial charge in [0.15, 0.2) is 0 Å². The Kier molecular flexibility index (Phi) is 5.22. The largest absolute Gasteiger partial charge is 0.455 e. The zero-order valence-corrected chi connectivity index (χ0v) is 20.5. The van der Waals surface area contributed by atoms with Gasteiger partial charge in [-0.1, -0.05) is 97.1 Å². The van der Waals surface area contributed by atoms with E-state index in [4.69, 9.17) is 14.8 Å². The lowest BCUT2D eigenvalue weighted by Crippen LogP contribution is -1.98. The predicted octanol–water partition coefficient (Wildman–Crippen LogP) is 8.68. The third kappa shape index (κ3) is 3.62. The second-order valence-electron chi connectivity index (χ2n) is 9.24. The summed E-state index contributed by atoms with van der Waals surface area (Å²) in [5, 5.41) is 13.1. The molecule has 7 rings (SSSR count). The molecule has 0 unspecified atom stereocenters. The van der Waals surface area contributed by atoms with Crippen LogP contribution in [0.4, 0.5) is 0 Å². The van der Waals surface area contributed by atoms with Crippen molar-refractivity contribution in [3.8, 4) is 0 Å². The van der Waals surface area contributed by atoms with Crippen LogP contribution in [0.25, 0.3) is 49.4 Å². The standard InChI is InChI=1S/C34H23N3O/c35-28(23-11-3-1-4-12-23)21-29(24-13-5-2-6-14-24)36-22-37-30-17-9-7-16-27(30)33-31(37)20-19-26-25-15-8-10-18-32(25)38-34(26)33/h1-22,35H/b29-21-,35-28?,36-22+. The van der Waals surface area contributed by atoms with E-state index >= 15 is 0 Å². The minimum absolute atomic E-state index is 0.410.